The van der Waals surface area contributed by atoms with Gasteiger partial charge in [-0.05, 0) is 30.7 Å². The number of hydrogen-bond donors (Lipinski definition) is 1. The normalized spacial score (nSPS) is 11.8. The highest BCUT2D eigenvalue weighted by atomic mass is 79.9. The maximum atomic E-state index is 3.48. The summed E-state index contributed by atoms with van der Waals surface area (Å²) in [6.07, 6.45) is 3.35. The first kappa shape index (κ1) is 12.5. The van der Waals surface area contributed by atoms with E-state index in [9.17, 15) is 0 Å². The van der Waals surface area contributed by atoms with Crippen LogP contribution in [0.2, 0.25) is 0 Å². The summed E-state index contributed by atoms with van der Waals surface area (Å²) in [5, 5.41) is 3.35. The van der Waals surface area contributed by atoms with E-state index in [0.717, 1.165) is 24.0 Å². The Hall–Kier alpha value is -0.600. The third-order valence-corrected chi connectivity index (χ3v) is 2.77. The van der Waals surface area contributed by atoms with Crippen molar-refractivity contribution in [3.05, 3.63) is 39.9 Å². The first-order valence-corrected chi connectivity index (χ1v) is 6.21. The third-order valence-electron chi connectivity index (χ3n) is 2.28. The molecule has 1 rings (SSSR count). The molecule has 1 N–H and O–H groups in total. The summed E-state index contributed by atoms with van der Waals surface area (Å²) in [4.78, 5) is 0. The Morgan fingerprint density at radius 1 is 1.40 bits per heavy atom. The Morgan fingerprint density at radius 2 is 2.20 bits per heavy atom. The molecule has 1 aromatic rings. The van der Waals surface area contributed by atoms with Crippen LogP contribution in [0.3, 0.4) is 0 Å². The Bertz CT molecular complexity index is 331. The van der Waals surface area contributed by atoms with Crippen molar-refractivity contribution in [1.82, 2.24) is 5.32 Å². The summed E-state index contributed by atoms with van der Waals surface area (Å²) in [5.74, 6) is 0. The predicted octanol–water partition coefficient (Wildman–Crippen LogP) is 3.85. The molecule has 0 spiro atoms. The molecule has 1 nitrogen and oxygen atoms in total. The van der Waals surface area contributed by atoms with E-state index in [4.69, 9.17) is 0 Å². The molecular weight excluding hydrogens is 250 g/mol. The van der Waals surface area contributed by atoms with Crippen LogP contribution in [0.15, 0.2) is 34.3 Å². The van der Waals surface area contributed by atoms with E-state index in [-0.39, 0.29) is 0 Å². The van der Waals surface area contributed by atoms with Crippen LogP contribution in [-0.2, 0) is 0 Å². The van der Waals surface area contributed by atoms with E-state index in [1.165, 1.54) is 11.1 Å². The summed E-state index contributed by atoms with van der Waals surface area (Å²) in [7, 11) is 0. The molecule has 0 atom stereocenters. The molecular formula is C13H18BrN. The van der Waals surface area contributed by atoms with Crippen molar-refractivity contribution in [3.63, 3.8) is 0 Å². The molecule has 15 heavy (non-hydrogen) atoms. The summed E-state index contributed by atoms with van der Waals surface area (Å²) >= 11 is 3.48. The average Bonchev–Trinajstić information content (AvgIpc) is 2.24. The van der Waals surface area contributed by atoms with Crippen LogP contribution in [0, 0.1) is 0 Å². The number of rotatable bonds is 5. The van der Waals surface area contributed by atoms with Crippen molar-refractivity contribution in [2.24, 2.45) is 0 Å². The first-order valence-electron chi connectivity index (χ1n) is 5.42. The van der Waals surface area contributed by atoms with Crippen LogP contribution in [0.1, 0.15) is 25.8 Å². The van der Waals surface area contributed by atoms with E-state index in [2.05, 4.69) is 59.4 Å². The Balaban J connectivity index is 2.74. The second kappa shape index (κ2) is 6.81. The molecule has 82 valence electrons. The molecule has 0 aliphatic heterocycles. The van der Waals surface area contributed by atoms with Crippen LogP contribution in [0.25, 0.3) is 6.08 Å². The zero-order valence-electron chi connectivity index (χ0n) is 9.39. The SMILES string of the molecule is CCNCC(=Cc1cccc(Br)c1)CC. The van der Waals surface area contributed by atoms with Crippen molar-refractivity contribution < 1.29 is 0 Å². The lowest BCUT2D eigenvalue weighted by molar-refractivity contribution is 0.762. The highest BCUT2D eigenvalue weighted by Crippen LogP contribution is 2.15. The standard InChI is InChI=1S/C13H18BrN/c1-3-11(10-15-4-2)8-12-6-5-7-13(14)9-12/h5-9,15H,3-4,10H2,1-2H3. The van der Waals surface area contributed by atoms with Gasteiger partial charge >= 0.3 is 0 Å². The van der Waals surface area contributed by atoms with Crippen molar-refractivity contribution in [1.29, 1.82) is 0 Å². The van der Waals surface area contributed by atoms with Gasteiger partial charge in [0, 0.05) is 11.0 Å². The average molecular weight is 268 g/mol. The van der Waals surface area contributed by atoms with Crippen molar-refractivity contribution in [3.8, 4) is 0 Å². The van der Waals surface area contributed by atoms with Gasteiger partial charge in [0.1, 0.15) is 0 Å². The van der Waals surface area contributed by atoms with Gasteiger partial charge in [-0.3, -0.25) is 0 Å². The second-order valence-electron chi connectivity index (χ2n) is 3.49. The van der Waals surface area contributed by atoms with E-state index in [1.54, 1.807) is 0 Å². The number of likely N-dealkylation sites (N-methyl/N-ethyl adjacent to an activating group) is 1. The van der Waals surface area contributed by atoms with Crippen molar-refractivity contribution in [2.45, 2.75) is 20.3 Å². The molecule has 0 unspecified atom stereocenters. The van der Waals surface area contributed by atoms with Crippen LogP contribution in [-0.4, -0.2) is 13.1 Å². The molecule has 0 saturated carbocycles. The molecule has 0 aliphatic rings. The van der Waals surface area contributed by atoms with Gasteiger partial charge in [-0.25, -0.2) is 0 Å². The minimum atomic E-state index is 0.986. The first-order chi connectivity index (χ1) is 7.26. The lowest BCUT2D eigenvalue weighted by Crippen LogP contribution is -2.15. The summed E-state index contributed by atoms with van der Waals surface area (Å²) < 4.78 is 1.13. The fourth-order valence-electron chi connectivity index (χ4n) is 1.40. The van der Waals surface area contributed by atoms with Gasteiger partial charge in [0.2, 0.25) is 0 Å². The Labute approximate surface area is 101 Å². The van der Waals surface area contributed by atoms with Crippen LogP contribution in [0.5, 0.6) is 0 Å². The van der Waals surface area contributed by atoms with E-state index in [0.29, 0.717) is 0 Å². The van der Waals surface area contributed by atoms with Gasteiger partial charge in [-0.2, -0.15) is 0 Å². The van der Waals surface area contributed by atoms with Gasteiger partial charge in [0.05, 0.1) is 0 Å². The molecule has 0 amide bonds. The molecule has 0 aliphatic carbocycles. The van der Waals surface area contributed by atoms with Crippen LogP contribution < -0.4 is 5.32 Å². The molecule has 2 heteroatoms. The van der Waals surface area contributed by atoms with Gasteiger partial charge in [-0.1, -0.05) is 53.6 Å². The summed E-state index contributed by atoms with van der Waals surface area (Å²) in [6.45, 7) is 6.34. The smallest absolute Gasteiger partial charge is 0.0181 e. The topological polar surface area (TPSA) is 12.0 Å². The molecule has 0 bridgehead atoms. The molecule has 0 fully saturated rings. The minimum Gasteiger partial charge on any atom is -0.313 e. The Morgan fingerprint density at radius 3 is 2.80 bits per heavy atom. The van der Waals surface area contributed by atoms with Gasteiger partial charge in [0.15, 0.2) is 0 Å². The number of halogens is 1. The molecule has 0 aromatic heterocycles. The fourth-order valence-corrected chi connectivity index (χ4v) is 1.81. The molecule has 0 heterocycles. The summed E-state index contributed by atoms with van der Waals surface area (Å²) in [6, 6.07) is 8.39. The van der Waals surface area contributed by atoms with Crippen LogP contribution >= 0.6 is 15.9 Å². The van der Waals surface area contributed by atoms with Crippen molar-refractivity contribution >= 4 is 22.0 Å². The highest BCUT2D eigenvalue weighted by molar-refractivity contribution is 9.10. The molecule has 1 aromatic carbocycles. The maximum Gasteiger partial charge on any atom is 0.0181 e. The quantitative estimate of drug-likeness (QED) is 0.855. The second-order valence-corrected chi connectivity index (χ2v) is 4.41. The number of nitrogens with one attached hydrogen (secondary N) is 1. The van der Waals surface area contributed by atoms with Crippen LogP contribution in [0.4, 0.5) is 0 Å². The third kappa shape index (κ3) is 4.63. The monoisotopic (exact) mass is 267 g/mol. The van der Waals surface area contributed by atoms with Crippen molar-refractivity contribution in [2.75, 3.05) is 13.1 Å². The maximum absolute atomic E-state index is 3.48. The molecule has 0 saturated heterocycles. The largest absolute Gasteiger partial charge is 0.313 e. The highest BCUT2D eigenvalue weighted by Gasteiger charge is 1.95. The van der Waals surface area contributed by atoms with E-state index < -0.39 is 0 Å². The van der Waals surface area contributed by atoms with Gasteiger partial charge in [0.25, 0.3) is 0 Å². The zero-order chi connectivity index (χ0) is 11.1. The number of hydrogen-bond acceptors (Lipinski definition) is 1. The van der Waals surface area contributed by atoms with Gasteiger partial charge < -0.3 is 5.32 Å². The number of benzene rings is 1. The zero-order valence-corrected chi connectivity index (χ0v) is 11.0. The minimum absolute atomic E-state index is 0.986. The fraction of sp³-hybridized carbons (Fsp3) is 0.385. The van der Waals surface area contributed by atoms with E-state index >= 15 is 0 Å². The van der Waals surface area contributed by atoms with Gasteiger partial charge in [-0.15, -0.1) is 0 Å². The molecule has 0 radical (unpaired) electrons. The Kier molecular flexibility index (Phi) is 5.66. The lowest BCUT2D eigenvalue weighted by atomic mass is 10.1. The predicted molar refractivity (Wildman–Crippen MR) is 71.0 cm³/mol. The lowest BCUT2D eigenvalue weighted by Gasteiger charge is -2.05. The van der Waals surface area contributed by atoms with E-state index in [1.807, 2.05) is 6.07 Å². The summed E-state index contributed by atoms with van der Waals surface area (Å²) in [5.41, 5.74) is 2.70.